The van der Waals surface area contributed by atoms with Gasteiger partial charge in [0.25, 0.3) is 0 Å². The molecule has 0 aliphatic heterocycles. The lowest BCUT2D eigenvalue weighted by atomic mass is 10.5. The standard InChI is InChI=1S/C7H5N5O/c8-2-1-5-11-7(12-13-5)6-9-3-4-10-6/h3-4H,1H2,(H,9,10). The Labute approximate surface area is 73.2 Å². The zero-order valence-corrected chi connectivity index (χ0v) is 6.56. The van der Waals surface area contributed by atoms with Crippen LogP contribution < -0.4 is 0 Å². The molecule has 0 aromatic carbocycles. The molecule has 2 heterocycles. The molecule has 0 amide bonds. The quantitative estimate of drug-likeness (QED) is 0.718. The van der Waals surface area contributed by atoms with Crippen molar-refractivity contribution in [3.05, 3.63) is 18.3 Å². The Morgan fingerprint density at radius 3 is 3.23 bits per heavy atom. The minimum atomic E-state index is 0.119. The predicted molar refractivity (Wildman–Crippen MR) is 41.2 cm³/mol. The first-order valence-electron chi connectivity index (χ1n) is 3.59. The molecule has 6 heteroatoms. The number of nitrogens with one attached hydrogen (secondary N) is 1. The largest absolute Gasteiger partial charge is 0.342 e. The fourth-order valence-electron chi connectivity index (χ4n) is 0.878. The number of H-pyrrole nitrogens is 1. The average Bonchev–Trinajstić information content (AvgIpc) is 2.70. The number of imidazole rings is 1. The van der Waals surface area contributed by atoms with Crippen molar-refractivity contribution in [1.82, 2.24) is 20.1 Å². The highest BCUT2D eigenvalue weighted by molar-refractivity contribution is 5.40. The molecule has 64 valence electrons. The summed E-state index contributed by atoms with van der Waals surface area (Å²) in [6, 6.07) is 1.92. The summed E-state index contributed by atoms with van der Waals surface area (Å²) in [5.41, 5.74) is 0. The van der Waals surface area contributed by atoms with Gasteiger partial charge in [0, 0.05) is 12.4 Å². The van der Waals surface area contributed by atoms with E-state index in [1.165, 1.54) is 0 Å². The zero-order valence-electron chi connectivity index (χ0n) is 6.56. The van der Waals surface area contributed by atoms with Crippen LogP contribution in [0.3, 0.4) is 0 Å². The van der Waals surface area contributed by atoms with Gasteiger partial charge < -0.3 is 9.51 Å². The van der Waals surface area contributed by atoms with Gasteiger partial charge in [0.1, 0.15) is 6.42 Å². The SMILES string of the molecule is N#CCc1nc(-c2ncc[nH]2)no1. The van der Waals surface area contributed by atoms with Crippen LogP contribution in [0.15, 0.2) is 16.9 Å². The molecule has 2 rings (SSSR count). The van der Waals surface area contributed by atoms with Crippen molar-refractivity contribution in [2.75, 3.05) is 0 Å². The summed E-state index contributed by atoms with van der Waals surface area (Å²) >= 11 is 0. The van der Waals surface area contributed by atoms with Crippen LogP contribution in [0.4, 0.5) is 0 Å². The van der Waals surface area contributed by atoms with Crippen LogP contribution in [0.2, 0.25) is 0 Å². The number of rotatable bonds is 2. The number of aromatic amines is 1. The summed E-state index contributed by atoms with van der Waals surface area (Å²) in [6.07, 6.45) is 3.37. The summed E-state index contributed by atoms with van der Waals surface area (Å²) in [5, 5.41) is 12.0. The van der Waals surface area contributed by atoms with Gasteiger partial charge in [0.2, 0.25) is 11.7 Å². The molecule has 0 aliphatic rings. The highest BCUT2D eigenvalue weighted by atomic mass is 16.5. The molecule has 2 aromatic rings. The van der Waals surface area contributed by atoms with E-state index in [0.29, 0.717) is 17.5 Å². The van der Waals surface area contributed by atoms with Crippen LogP contribution in [0.5, 0.6) is 0 Å². The molecule has 0 spiro atoms. The van der Waals surface area contributed by atoms with Gasteiger partial charge in [-0.05, 0) is 0 Å². The van der Waals surface area contributed by atoms with E-state index in [9.17, 15) is 0 Å². The molecule has 0 bridgehead atoms. The first kappa shape index (κ1) is 7.49. The van der Waals surface area contributed by atoms with E-state index in [4.69, 9.17) is 9.78 Å². The van der Waals surface area contributed by atoms with Gasteiger partial charge in [-0.3, -0.25) is 0 Å². The Bertz CT molecular complexity index is 424. The number of nitriles is 1. The number of aromatic nitrogens is 4. The number of hydrogen-bond donors (Lipinski definition) is 1. The monoisotopic (exact) mass is 175 g/mol. The van der Waals surface area contributed by atoms with Crippen LogP contribution in [-0.2, 0) is 6.42 Å². The van der Waals surface area contributed by atoms with Crippen molar-refractivity contribution >= 4 is 0 Å². The molecule has 6 nitrogen and oxygen atoms in total. The second-order valence-corrected chi connectivity index (χ2v) is 2.28. The van der Waals surface area contributed by atoms with Gasteiger partial charge in [-0.15, -0.1) is 0 Å². The molecule has 0 radical (unpaired) electrons. The molecule has 0 saturated heterocycles. The van der Waals surface area contributed by atoms with Crippen molar-refractivity contribution in [2.24, 2.45) is 0 Å². The third-order valence-electron chi connectivity index (χ3n) is 1.41. The van der Waals surface area contributed by atoms with E-state index < -0.39 is 0 Å². The van der Waals surface area contributed by atoms with Crippen molar-refractivity contribution in [3.8, 4) is 17.7 Å². The van der Waals surface area contributed by atoms with Crippen LogP contribution in [0, 0.1) is 11.3 Å². The van der Waals surface area contributed by atoms with E-state index in [1.54, 1.807) is 12.4 Å². The van der Waals surface area contributed by atoms with Crippen LogP contribution in [0.25, 0.3) is 11.6 Å². The second kappa shape index (κ2) is 3.06. The first-order valence-corrected chi connectivity index (χ1v) is 3.59. The Balaban J connectivity index is 2.29. The Morgan fingerprint density at radius 1 is 1.62 bits per heavy atom. The van der Waals surface area contributed by atoms with E-state index in [-0.39, 0.29) is 6.42 Å². The van der Waals surface area contributed by atoms with Crippen LogP contribution in [0.1, 0.15) is 5.89 Å². The Kier molecular flexibility index (Phi) is 1.77. The topological polar surface area (TPSA) is 91.4 Å². The fraction of sp³-hybridized carbons (Fsp3) is 0.143. The van der Waals surface area contributed by atoms with Gasteiger partial charge in [-0.1, -0.05) is 5.16 Å². The Morgan fingerprint density at radius 2 is 2.54 bits per heavy atom. The van der Waals surface area contributed by atoms with Crippen molar-refractivity contribution in [2.45, 2.75) is 6.42 Å². The molecule has 13 heavy (non-hydrogen) atoms. The molecule has 0 unspecified atom stereocenters. The molecular weight excluding hydrogens is 170 g/mol. The molecule has 0 fully saturated rings. The highest BCUT2D eigenvalue weighted by Gasteiger charge is 2.08. The lowest BCUT2D eigenvalue weighted by Gasteiger charge is -1.81. The smallest absolute Gasteiger partial charge is 0.241 e. The Hall–Kier alpha value is -2.16. The normalized spacial score (nSPS) is 9.77. The van der Waals surface area contributed by atoms with Crippen molar-refractivity contribution < 1.29 is 4.52 Å². The molecule has 0 atom stereocenters. The van der Waals surface area contributed by atoms with Crippen LogP contribution >= 0.6 is 0 Å². The van der Waals surface area contributed by atoms with E-state index in [2.05, 4.69) is 20.1 Å². The lowest BCUT2D eigenvalue weighted by molar-refractivity contribution is 0.387. The van der Waals surface area contributed by atoms with E-state index in [0.717, 1.165) is 0 Å². The molecule has 0 aliphatic carbocycles. The summed E-state index contributed by atoms with van der Waals surface area (Å²) in [4.78, 5) is 10.7. The van der Waals surface area contributed by atoms with Gasteiger partial charge in [-0.2, -0.15) is 10.2 Å². The summed E-state index contributed by atoms with van der Waals surface area (Å²) < 4.78 is 4.79. The van der Waals surface area contributed by atoms with Crippen molar-refractivity contribution in [1.29, 1.82) is 5.26 Å². The highest BCUT2D eigenvalue weighted by Crippen LogP contribution is 2.09. The zero-order chi connectivity index (χ0) is 9.10. The van der Waals surface area contributed by atoms with Gasteiger partial charge in [0.05, 0.1) is 6.07 Å². The molecule has 2 aromatic heterocycles. The average molecular weight is 175 g/mol. The second-order valence-electron chi connectivity index (χ2n) is 2.28. The molecular formula is C7H5N5O. The predicted octanol–water partition coefficient (Wildman–Crippen LogP) is 0.526. The molecule has 0 saturated carbocycles. The van der Waals surface area contributed by atoms with Gasteiger partial charge >= 0.3 is 0 Å². The summed E-state index contributed by atoms with van der Waals surface area (Å²) in [6.45, 7) is 0. The maximum Gasteiger partial charge on any atom is 0.241 e. The summed E-state index contributed by atoms with van der Waals surface area (Å²) in [5.74, 6) is 1.21. The number of hydrogen-bond acceptors (Lipinski definition) is 5. The third-order valence-corrected chi connectivity index (χ3v) is 1.41. The maximum atomic E-state index is 8.36. The van der Waals surface area contributed by atoms with Gasteiger partial charge in [-0.25, -0.2) is 4.98 Å². The van der Waals surface area contributed by atoms with Gasteiger partial charge in [0.15, 0.2) is 5.82 Å². The summed E-state index contributed by atoms with van der Waals surface area (Å²) in [7, 11) is 0. The van der Waals surface area contributed by atoms with Crippen molar-refractivity contribution in [3.63, 3.8) is 0 Å². The van der Waals surface area contributed by atoms with E-state index in [1.807, 2.05) is 6.07 Å². The first-order chi connectivity index (χ1) is 6.40. The molecule has 1 N–H and O–H groups in total. The fourth-order valence-corrected chi connectivity index (χ4v) is 0.878. The minimum Gasteiger partial charge on any atom is -0.342 e. The minimum absolute atomic E-state index is 0.119. The van der Waals surface area contributed by atoms with Crippen LogP contribution in [-0.4, -0.2) is 20.1 Å². The van der Waals surface area contributed by atoms with E-state index >= 15 is 0 Å². The number of nitrogens with zero attached hydrogens (tertiary/aromatic N) is 4. The maximum absolute atomic E-state index is 8.36. The lowest BCUT2D eigenvalue weighted by Crippen LogP contribution is -1.84. The third kappa shape index (κ3) is 1.39.